The van der Waals surface area contributed by atoms with Gasteiger partial charge in [0.15, 0.2) is 0 Å². The number of piperidine rings is 1. The predicted molar refractivity (Wildman–Crippen MR) is 112 cm³/mol. The van der Waals surface area contributed by atoms with E-state index in [1.807, 2.05) is 32.7 Å². The second kappa shape index (κ2) is 9.54. The van der Waals surface area contributed by atoms with Crippen LogP contribution in [0.4, 0.5) is 0 Å². The Balaban J connectivity index is 1.31. The zero-order chi connectivity index (χ0) is 20.1. The Hall–Kier alpha value is -2.19. The van der Waals surface area contributed by atoms with E-state index >= 15 is 0 Å². The lowest BCUT2D eigenvalue weighted by atomic mass is 10.1. The van der Waals surface area contributed by atoms with E-state index in [9.17, 15) is 4.79 Å². The average Bonchev–Trinajstić information content (AvgIpc) is 3.34. The normalized spacial score (nSPS) is 21.3. The molecule has 2 fully saturated rings. The van der Waals surface area contributed by atoms with Crippen molar-refractivity contribution in [2.24, 2.45) is 0 Å². The molecule has 0 saturated carbocycles. The average molecular weight is 400 g/mol. The lowest BCUT2D eigenvalue weighted by Crippen LogP contribution is -2.35. The third kappa shape index (κ3) is 5.05. The Morgan fingerprint density at radius 2 is 2.17 bits per heavy atom. The molecule has 2 aliphatic heterocycles. The molecule has 0 aromatic carbocycles. The number of nitrogens with zero attached hydrogens (tertiary/aromatic N) is 6. The fourth-order valence-electron chi connectivity index (χ4n) is 4.31. The summed E-state index contributed by atoms with van der Waals surface area (Å²) in [6.07, 6.45) is 10.4. The molecule has 158 valence electrons. The molecule has 2 aromatic heterocycles. The summed E-state index contributed by atoms with van der Waals surface area (Å²) in [7, 11) is 0. The van der Waals surface area contributed by atoms with Crippen LogP contribution >= 0.6 is 0 Å². The largest absolute Gasteiger partial charge is 0.336 e. The van der Waals surface area contributed by atoms with Crippen LogP contribution in [0.2, 0.25) is 0 Å². The second-order valence-corrected chi connectivity index (χ2v) is 8.21. The molecular weight excluding hydrogens is 366 g/mol. The van der Waals surface area contributed by atoms with Gasteiger partial charge in [-0.15, -0.1) is 0 Å². The predicted octanol–water partition coefficient (Wildman–Crippen LogP) is 1.76. The van der Waals surface area contributed by atoms with Gasteiger partial charge in [0.2, 0.25) is 0 Å². The van der Waals surface area contributed by atoms with Crippen molar-refractivity contribution in [3.8, 4) is 0 Å². The third-order valence-electron chi connectivity index (χ3n) is 5.89. The smallest absolute Gasteiger partial charge is 0.274 e. The summed E-state index contributed by atoms with van der Waals surface area (Å²) in [6.45, 7) is 9.47. The quantitative estimate of drug-likeness (QED) is 0.802. The van der Waals surface area contributed by atoms with Gasteiger partial charge in [0.05, 0.1) is 12.2 Å². The molecule has 2 aliphatic rings. The van der Waals surface area contributed by atoms with Crippen LogP contribution in [0, 0.1) is 0 Å². The number of rotatable bonds is 6. The first kappa shape index (κ1) is 20.1. The van der Waals surface area contributed by atoms with E-state index in [1.165, 1.54) is 5.56 Å². The monoisotopic (exact) mass is 399 g/mol. The summed E-state index contributed by atoms with van der Waals surface area (Å²) in [5.41, 5.74) is 1.82. The topological polar surface area (TPSA) is 71.2 Å². The van der Waals surface area contributed by atoms with E-state index in [1.54, 1.807) is 0 Å². The van der Waals surface area contributed by atoms with Crippen molar-refractivity contribution in [1.82, 2.24) is 34.7 Å². The first-order chi connectivity index (χ1) is 14.2. The number of hydrogen-bond donors (Lipinski definition) is 1. The van der Waals surface area contributed by atoms with Crippen molar-refractivity contribution in [2.45, 2.75) is 51.7 Å². The van der Waals surface area contributed by atoms with Gasteiger partial charge in [-0.05, 0) is 38.3 Å². The fraction of sp³-hybridized carbons (Fsp3) is 0.667. The molecule has 2 aromatic rings. The molecular formula is C21H33N7O. The summed E-state index contributed by atoms with van der Waals surface area (Å²) >= 11 is 0. The molecule has 1 N–H and O–H groups in total. The SMILES string of the molecule is CCCn1cc(CN2CCCN(C(=O)c3ccn(C4CCCNC4)n3)CC2)cn1. The molecule has 4 rings (SSSR count). The van der Waals surface area contributed by atoms with E-state index in [2.05, 4.69) is 33.5 Å². The van der Waals surface area contributed by atoms with Crippen molar-refractivity contribution >= 4 is 5.91 Å². The zero-order valence-corrected chi connectivity index (χ0v) is 17.5. The number of amides is 1. The van der Waals surface area contributed by atoms with Gasteiger partial charge in [0.1, 0.15) is 5.69 Å². The van der Waals surface area contributed by atoms with Gasteiger partial charge in [-0.2, -0.15) is 10.2 Å². The van der Waals surface area contributed by atoms with E-state index in [0.29, 0.717) is 11.7 Å². The van der Waals surface area contributed by atoms with Crippen LogP contribution < -0.4 is 5.32 Å². The maximum atomic E-state index is 13.0. The van der Waals surface area contributed by atoms with E-state index in [4.69, 9.17) is 0 Å². The van der Waals surface area contributed by atoms with E-state index in [-0.39, 0.29) is 5.91 Å². The number of carbonyl (C=O) groups excluding carboxylic acids is 1. The number of hydrogen-bond acceptors (Lipinski definition) is 5. The van der Waals surface area contributed by atoms with Crippen molar-refractivity contribution in [1.29, 1.82) is 0 Å². The lowest BCUT2D eigenvalue weighted by Gasteiger charge is -2.23. The van der Waals surface area contributed by atoms with Gasteiger partial charge in [-0.3, -0.25) is 19.1 Å². The molecule has 8 nitrogen and oxygen atoms in total. The molecule has 29 heavy (non-hydrogen) atoms. The summed E-state index contributed by atoms with van der Waals surface area (Å²) < 4.78 is 3.98. The van der Waals surface area contributed by atoms with Crippen molar-refractivity contribution in [2.75, 3.05) is 39.3 Å². The molecule has 1 amide bonds. The van der Waals surface area contributed by atoms with Gasteiger partial charge in [-0.1, -0.05) is 6.92 Å². The van der Waals surface area contributed by atoms with E-state index < -0.39 is 0 Å². The minimum Gasteiger partial charge on any atom is -0.336 e. The molecule has 1 unspecified atom stereocenters. The number of aryl methyl sites for hydroxylation is 1. The lowest BCUT2D eigenvalue weighted by molar-refractivity contribution is 0.0753. The summed E-state index contributed by atoms with van der Waals surface area (Å²) in [4.78, 5) is 17.4. The Morgan fingerprint density at radius 1 is 1.24 bits per heavy atom. The van der Waals surface area contributed by atoms with Crippen LogP contribution in [0.1, 0.15) is 54.7 Å². The van der Waals surface area contributed by atoms with Crippen LogP contribution in [0.25, 0.3) is 0 Å². The van der Waals surface area contributed by atoms with Crippen LogP contribution in [0.3, 0.4) is 0 Å². The number of nitrogens with one attached hydrogen (secondary N) is 1. The molecule has 0 spiro atoms. The van der Waals surface area contributed by atoms with Crippen molar-refractivity contribution in [3.63, 3.8) is 0 Å². The highest BCUT2D eigenvalue weighted by molar-refractivity contribution is 5.92. The highest BCUT2D eigenvalue weighted by Gasteiger charge is 2.23. The van der Waals surface area contributed by atoms with E-state index in [0.717, 1.165) is 78.0 Å². The molecule has 2 saturated heterocycles. The van der Waals surface area contributed by atoms with Gasteiger partial charge >= 0.3 is 0 Å². The van der Waals surface area contributed by atoms with Crippen molar-refractivity contribution in [3.05, 3.63) is 35.9 Å². The number of aromatic nitrogens is 4. The summed E-state index contributed by atoms with van der Waals surface area (Å²) in [5.74, 6) is 0.0603. The van der Waals surface area contributed by atoms with Gasteiger partial charge in [0.25, 0.3) is 5.91 Å². The summed E-state index contributed by atoms with van der Waals surface area (Å²) in [6, 6.07) is 2.24. The maximum Gasteiger partial charge on any atom is 0.274 e. The van der Waals surface area contributed by atoms with Crippen LogP contribution in [-0.2, 0) is 13.1 Å². The zero-order valence-electron chi connectivity index (χ0n) is 17.5. The minimum absolute atomic E-state index is 0.0603. The Labute approximate surface area is 172 Å². The molecule has 0 radical (unpaired) electrons. The first-order valence-electron chi connectivity index (χ1n) is 11.0. The highest BCUT2D eigenvalue weighted by Crippen LogP contribution is 2.17. The van der Waals surface area contributed by atoms with Crippen molar-refractivity contribution < 1.29 is 4.79 Å². The van der Waals surface area contributed by atoms with Gasteiger partial charge < -0.3 is 10.2 Å². The molecule has 4 heterocycles. The molecule has 1 atom stereocenters. The van der Waals surface area contributed by atoms with Gasteiger partial charge in [-0.25, -0.2) is 0 Å². The Bertz CT molecular complexity index is 793. The minimum atomic E-state index is 0.0603. The number of carbonyl (C=O) groups is 1. The summed E-state index contributed by atoms with van der Waals surface area (Å²) in [5, 5.41) is 12.4. The van der Waals surface area contributed by atoms with Crippen LogP contribution in [0.15, 0.2) is 24.7 Å². The molecule has 0 aliphatic carbocycles. The first-order valence-corrected chi connectivity index (χ1v) is 11.0. The fourth-order valence-corrected chi connectivity index (χ4v) is 4.31. The van der Waals surface area contributed by atoms with Gasteiger partial charge in [0, 0.05) is 63.8 Å². The maximum absolute atomic E-state index is 13.0. The van der Waals surface area contributed by atoms with Crippen LogP contribution in [0.5, 0.6) is 0 Å². The third-order valence-corrected chi connectivity index (χ3v) is 5.89. The van der Waals surface area contributed by atoms with Crippen LogP contribution in [-0.4, -0.2) is 74.5 Å². The standard InChI is InChI=1S/C21H33N7O/c1-2-8-27-17-18(14-23-27)16-25-9-4-10-26(13-12-25)21(29)20-6-11-28(24-20)19-5-3-7-22-15-19/h6,11,14,17,19,22H,2-5,7-10,12-13,15-16H2,1H3. The molecule has 0 bridgehead atoms. The second-order valence-electron chi connectivity index (χ2n) is 8.21. The Kier molecular flexibility index (Phi) is 6.61. The Morgan fingerprint density at radius 3 is 3.00 bits per heavy atom. The highest BCUT2D eigenvalue weighted by atomic mass is 16.2. The molecule has 8 heteroatoms.